The van der Waals surface area contributed by atoms with Crippen LogP contribution in [0.1, 0.15) is 11.1 Å². The predicted molar refractivity (Wildman–Crippen MR) is 100 cm³/mol. The van der Waals surface area contributed by atoms with Crippen LogP contribution in [0.4, 0.5) is 10.1 Å². The Bertz CT molecular complexity index is 971. The van der Waals surface area contributed by atoms with Crippen LogP contribution in [0.2, 0.25) is 5.02 Å². The fraction of sp³-hybridized carbons (Fsp3) is 0.211. The SMILES string of the molecule is Cc1ccc(N(C(=O)Cc2ccc(F)cc2)C2C=CS(=O)(=O)C2)cc1Cl. The summed E-state index contributed by atoms with van der Waals surface area (Å²) in [7, 11) is -3.34. The number of rotatable bonds is 4. The van der Waals surface area contributed by atoms with Gasteiger partial charge in [0.05, 0.1) is 18.2 Å². The van der Waals surface area contributed by atoms with Crippen LogP contribution in [0.5, 0.6) is 0 Å². The first-order valence-electron chi connectivity index (χ1n) is 7.99. The zero-order valence-corrected chi connectivity index (χ0v) is 15.6. The first-order valence-corrected chi connectivity index (χ1v) is 10.1. The monoisotopic (exact) mass is 393 g/mol. The number of anilines is 1. The largest absolute Gasteiger partial charge is 0.304 e. The maximum atomic E-state index is 13.1. The van der Waals surface area contributed by atoms with E-state index in [-0.39, 0.29) is 23.9 Å². The molecule has 0 radical (unpaired) electrons. The summed E-state index contributed by atoms with van der Waals surface area (Å²) in [6.07, 6.45) is 1.53. The van der Waals surface area contributed by atoms with E-state index < -0.39 is 15.9 Å². The van der Waals surface area contributed by atoms with Crippen LogP contribution in [0.25, 0.3) is 0 Å². The summed E-state index contributed by atoms with van der Waals surface area (Å²) in [5.41, 5.74) is 2.03. The Morgan fingerprint density at radius 3 is 2.50 bits per heavy atom. The molecule has 1 aliphatic heterocycles. The number of carbonyl (C=O) groups is 1. The van der Waals surface area contributed by atoms with E-state index in [4.69, 9.17) is 11.6 Å². The van der Waals surface area contributed by atoms with Gasteiger partial charge in [0.25, 0.3) is 0 Å². The van der Waals surface area contributed by atoms with Gasteiger partial charge in [0.2, 0.25) is 5.91 Å². The lowest BCUT2D eigenvalue weighted by Gasteiger charge is -2.28. The molecule has 2 aromatic rings. The van der Waals surface area contributed by atoms with Crippen LogP contribution in [0, 0.1) is 12.7 Å². The molecule has 1 atom stereocenters. The Morgan fingerprint density at radius 2 is 1.92 bits per heavy atom. The van der Waals surface area contributed by atoms with Crippen LogP contribution < -0.4 is 4.90 Å². The zero-order valence-electron chi connectivity index (χ0n) is 14.0. The van der Waals surface area contributed by atoms with Gasteiger partial charge in [-0.25, -0.2) is 12.8 Å². The van der Waals surface area contributed by atoms with Crippen LogP contribution in [0.15, 0.2) is 53.9 Å². The lowest BCUT2D eigenvalue weighted by Crippen LogP contribution is -2.42. The van der Waals surface area contributed by atoms with Gasteiger partial charge in [-0.05, 0) is 48.4 Å². The summed E-state index contributed by atoms with van der Waals surface area (Å²) in [4.78, 5) is 14.4. The highest BCUT2D eigenvalue weighted by atomic mass is 35.5. The van der Waals surface area contributed by atoms with E-state index >= 15 is 0 Å². The molecule has 136 valence electrons. The summed E-state index contributed by atoms with van der Waals surface area (Å²) in [6, 6.07) is 10.2. The maximum absolute atomic E-state index is 13.1. The third-order valence-electron chi connectivity index (χ3n) is 4.21. The number of nitrogens with zero attached hydrogens (tertiary/aromatic N) is 1. The molecule has 7 heteroatoms. The highest BCUT2D eigenvalue weighted by molar-refractivity contribution is 7.94. The van der Waals surface area contributed by atoms with E-state index in [1.165, 1.54) is 35.2 Å². The Labute approximate surface area is 156 Å². The number of hydrogen-bond acceptors (Lipinski definition) is 3. The first-order chi connectivity index (χ1) is 12.2. The lowest BCUT2D eigenvalue weighted by atomic mass is 10.1. The van der Waals surface area contributed by atoms with Gasteiger partial charge in [0.1, 0.15) is 5.82 Å². The van der Waals surface area contributed by atoms with Crippen molar-refractivity contribution in [2.75, 3.05) is 10.7 Å². The Kier molecular flexibility index (Phi) is 5.16. The van der Waals surface area contributed by atoms with E-state index in [1.54, 1.807) is 18.2 Å². The second-order valence-electron chi connectivity index (χ2n) is 6.23. The minimum atomic E-state index is -3.34. The van der Waals surface area contributed by atoms with Crippen molar-refractivity contribution < 1.29 is 17.6 Å². The molecule has 1 unspecified atom stereocenters. The molecule has 0 spiro atoms. The maximum Gasteiger partial charge on any atom is 0.231 e. The van der Waals surface area contributed by atoms with E-state index in [0.29, 0.717) is 16.3 Å². The molecule has 26 heavy (non-hydrogen) atoms. The average molecular weight is 394 g/mol. The van der Waals surface area contributed by atoms with Crippen molar-refractivity contribution in [1.29, 1.82) is 0 Å². The average Bonchev–Trinajstić information content (AvgIpc) is 2.93. The summed E-state index contributed by atoms with van der Waals surface area (Å²) in [6.45, 7) is 1.84. The van der Waals surface area contributed by atoms with E-state index in [1.807, 2.05) is 6.92 Å². The topological polar surface area (TPSA) is 54.5 Å². The molecule has 0 aliphatic carbocycles. The van der Waals surface area contributed by atoms with Gasteiger partial charge in [-0.15, -0.1) is 0 Å². The number of hydrogen-bond donors (Lipinski definition) is 0. The third-order valence-corrected chi connectivity index (χ3v) is 6.00. The Hall–Kier alpha value is -2.18. The molecule has 3 rings (SSSR count). The number of aryl methyl sites for hydroxylation is 1. The van der Waals surface area contributed by atoms with Gasteiger partial charge in [-0.2, -0.15) is 0 Å². The number of benzene rings is 2. The van der Waals surface area contributed by atoms with Gasteiger partial charge >= 0.3 is 0 Å². The quantitative estimate of drug-likeness (QED) is 0.796. The molecule has 2 aromatic carbocycles. The molecule has 4 nitrogen and oxygen atoms in total. The van der Waals surface area contributed by atoms with Crippen molar-refractivity contribution in [2.45, 2.75) is 19.4 Å². The minimum Gasteiger partial charge on any atom is -0.304 e. The lowest BCUT2D eigenvalue weighted by molar-refractivity contribution is -0.118. The number of sulfone groups is 1. The number of amides is 1. The summed E-state index contributed by atoms with van der Waals surface area (Å²) in [5.74, 6) is -0.843. The van der Waals surface area contributed by atoms with Crippen LogP contribution in [-0.2, 0) is 21.1 Å². The van der Waals surface area contributed by atoms with Crippen LogP contribution in [0.3, 0.4) is 0 Å². The summed E-state index contributed by atoms with van der Waals surface area (Å²) < 4.78 is 36.7. The van der Waals surface area contributed by atoms with Crippen molar-refractivity contribution in [2.24, 2.45) is 0 Å². The highest BCUT2D eigenvalue weighted by Crippen LogP contribution is 2.28. The van der Waals surface area contributed by atoms with E-state index in [9.17, 15) is 17.6 Å². The summed E-state index contributed by atoms with van der Waals surface area (Å²) >= 11 is 6.19. The smallest absolute Gasteiger partial charge is 0.231 e. The van der Waals surface area contributed by atoms with Crippen LogP contribution >= 0.6 is 11.6 Å². The Morgan fingerprint density at radius 1 is 1.23 bits per heavy atom. The van der Waals surface area contributed by atoms with Gasteiger partial charge in [0.15, 0.2) is 9.84 Å². The van der Waals surface area contributed by atoms with E-state index in [2.05, 4.69) is 0 Å². The van der Waals surface area contributed by atoms with Crippen molar-refractivity contribution in [3.8, 4) is 0 Å². The minimum absolute atomic E-state index is 0.0240. The summed E-state index contributed by atoms with van der Waals surface area (Å²) in [5, 5.41) is 1.62. The van der Waals surface area contributed by atoms with Crippen molar-refractivity contribution in [1.82, 2.24) is 0 Å². The number of halogens is 2. The molecule has 0 fully saturated rings. The molecule has 0 N–H and O–H groups in total. The van der Waals surface area contributed by atoms with Gasteiger partial charge < -0.3 is 4.90 Å². The van der Waals surface area contributed by atoms with Gasteiger partial charge in [-0.1, -0.05) is 29.8 Å². The second kappa shape index (κ2) is 7.21. The van der Waals surface area contributed by atoms with Crippen molar-refractivity contribution in [3.05, 3.63) is 75.9 Å². The van der Waals surface area contributed by atoms with Crippen LogP contribution in [-0.4, -0.2) is 26.1 Å². The van der Waals surface area contributed by atoms with E-state index in [0.717, 1.165) is 11.0 Å². The zero-order chi connectivity index (χ0) is 18.9. The fourth-order valence-corrected chi connectivity index (χ4v) is 4.28. The Balaban J connectivity index is 1.94. The molecular weight excluding hydrogens is 377 g/mol. The van der Waals surface area contributed by atoms with Gasteiger partial charge in [-0.3, -0.25) is 4.79 Å². The predicted octanol–water partition coefficient (Wildman–Crippen LogP) is 3.67. The first kappa shape index (κ1) is 18.6. The molecule has 0 aromatic heterocycles. The number of carbonyl (C=O) groups excluding carboxylic acids is 1. The van der Waals surface area contributed by atoms with Crippen molar-refractivity contribution in [3.63, 3.8) is 0 Å². The molecule has 1 heterocycles. The molecule has 0 saturated carbocycles. The fourth-order valence-electron chi connectivity index (χ4n) is 2.83. The normalized spacial score (nSPS) is 18.0. The second-order valence-corrected chi connectivity index (χ2v) is 8.56. The van der Waals surface area contributed by atoms with Gasteiger partial charge in [0, 0.05) is 16.1 Å². The van der Waals surface area contributed by atoms with Crippen molar-refractivity contribution >= 4 is 33.0 Å². The molecular formula is C19H17ClFNO3S. The standard InChI is InChI=1S/C19H17ClFNO3S/c1-13-2-7-16(11-18(13)20)22(17-8-9-26(24,25)12-17)19(23)10-14-3-5-15(21)6-4-14/h2-9,11,17H,10,12H2,1H3. The highest BCUT2D eigenvalue weighted by Gasteiger charge is 2.31. The molecule has 1 aliphatic rings. The molecule has 0 bridgehead atoms. The molecule has 0 saturated heterocycles. The third kappa shape index (κ3) is 4.14. The molecule has 1 amide bonds.